The number of benzene rings is 2. The second-order valence-electron chi connectivity index (χ2n) is 3.91. The van der Waals surface area contributed by atoms with Gasteiger partial charge in [-0.2, -0.15) is 5.10 Å². The van der Waals surface area contributed by atoms with E-state index in [0.717, 1.165) is 17.0 Å². The van der Waals surface area contributed by atoms with Crippen LogP contribution in [0.4, 0.5) is 5.69 Å². The number of hydrogen-bond donors (Lipinski definition) is 0. The maximum atomic E-state index is 4.57. The minimum absolute atomic E-state index is 1.01. The Morgan fingerprint density at radius 1 is 0.882 bits per heavy atom. The van der Waals surface area contributed by atoms with E-state index >= 15 is 0 Å². The van der Waals surface area contributed by atoms with Crippen LogP contribution >= 0.6 is 0 Å². The van der Waals surface area contributed by atoms with Gasteiger partial charge < -0.3 is 0 Å². The van der Waals surface area contributed by atoms with Crippen molar-refractivity contribution in [2.45, 2.75) is 6.92 Å². The number of anilines is 1. The van der Waals surface area contributed by atoms with Gasteiger partial charge in [0, 0.05) is 7.05 Å². The molecular formula is C15H16N2. The molecule has 0 radical (unpaired) electrons. The number of hydrazone groups is 1. The molecule has 2 aromatic rings. The quantitative estimate of drug-likeness (QED) is 0.575. The second kappa shape index (κ2) is 5.30. The molecule has 0 bridgehead atoms. The van der Waals surface area contributed by atoms with Gasteiger partial charge in [0.2, 0.25) is 0 Å². The number of rotatable bonds is 3. The molecule has 2 rings (SSSR count). The molecule has 2 nitrogen and oxygen atoms in total. The average Bonchev–Trinajstić information content (AvgIpc) is 2.40. The Morgan fingerprint density at radius 3 is 2.00 bits per heavy atom. The van der Waals surface area contributed by atoms with E-state index in [1.54, 1.807) is 0 Å². The van der Waals surface area contributed by atoms with Crippen molar-refractivity contribution in [2.24, 2.45) is 5.10 Å². The summed E-state index contributed by atoms with van der Waals surface area (Å²) < 4.78 is 0. The third-order valence-electron chi connectivity index (χ3n) is 2.62. The van der Waals surface area contributed by atoms with Crippen molar-refractivity contribution in [1.29, 1.82) is 0 Å². The van der Waals surface area contributed by atoms with E-state index in [-0.39, 0.29) is 0 Å². The predicted molar refractivity (Wildman–Crippen MR) is 73.5 cm³/mol. The molecule has 17 heavy (non-hydrogen) atoms. The molecule has 2 aromatic carbocycles. The van der Waals surface area contributed by atoms with Gasteiger partial charge in [-0.3, -0.25) is 5.01 Å². The molecule has 0 spiro atoms. The molecule has 0 heterocycles. The third kappa shape index (κ3) is 2.94. The molecule has 0 aliphatic rings. The van der Waals surface area contributed by atoms with Gasteiger partial charge in [-0.15, -0.1) is 0 Å². The van der Waals surface area contributed by atoms with Crippen molar-refractivity contribution in [1.82, 2.24) is 0 Å². The van der Waals surface area contributed by atoms with E-state index in [2.05, 4.69) is 17.2 Å². The van der Waals surface area contributed by atoms with Gasteiger partial charge in [0.15, 0.2) is 0 Å². The largest absolute Gasteiger partial charge is 0.268 e. The normalized spacial score (nSPS) is 11.3. The lowest BCUT2D eigenvalue weighted by molar-refractivity contribution is 1.01. The lowest BCUT2D eigenvalue weighted by atomic mass is 10.1. The summed E-state index contributed by atoms with van der Waals surface area (Å²) in [6, 6.07) is 20.3. The van der Waals surface area contributed by atoms with Gasteiger partial charge in [0.25, 0.3) is 0 Å². The van der Waals surface area contributed by atoms with Crippen LogP contribution in [0, 0.1) is 0 Å². The third-order valence-corrected chi connectivity index (χ3v) is 2.62. The zero-order valence-corrected chi connectivity index (χ0v) is 10.2. The molecule has 0 N–H and O–H groups in total. The fourth-order valence-corrected chi connectivity index (χ4v) is 1.66. The van der Waals surface area contributed by atoms with E-state index in [9.17, 15) is 0 Å². The predicted octanol–water partition coefficient (Wildman–Crippen LogP) is 3.55. The van der Waals surface area contributed by atoms with Crippen molar-refractivity contribution in [3.05, 3.63) is 66.2 Å². The smallest absolute Gasteiger partial charge is 0.0650 e. The first-order chi connectivity index (χ1) is 8.27. The van der Waals surface area contributed by atoms with Gasteiger partial charge in [-0.05, 0) is 24.6 Å². The minimum atomic E-state index is 1.01. The SMILES string of the molecule is C/C(=N/N(C)c1ccccc1)c1ccccc1. The standard InChI is InChI=1S/C15H16N2/c1-13(14-9-5-3-6-10-14)16-17(2)15-11-7-4-8-12-15/h3-12H,1-2H3/b16-13-. The molecule has 0 aliphatic carbocycles. The Morgan fingerprint density at radius 2 is 1.41 bits per heavy atom. The number of hydrogen-bond acceptors (Lipinski definition) is 2. The summed E-state index contributed by atoms with van der Waals surface area (Å²) in [5.74, 6) is 0. The zero-order chi connectivity index (χ0) is 12.1. The summed E-state index contributed by atoms with van der Waals surface area (Å²) in [5.41, 5.74) is 3.25. The van der Waals surface area contributed by atoms with E-state index in [0.29, 0.717) is 0 Å². The van der Waals surface area contributed by atoms with Gasteiger partial charge in [-0.1, -0.05) is 48.5 Å². The molecule has 0 aliphatic heterocycles. The first-order valence-corrected chi connectivity index (χ1v) is 5.67. The van der Waals surface area contributed by atoms with E-state index < -0.39 is 0 Å². The summed E-state index contributed by atoms with van der Waals surface area (Å²) in [6.45, 7) is 2.02. The Kier molecular flexibility index (Phi) is 3.55. The lowest BCUT2D eigenvalue weighted by Gasteiger charge is -2.14. The van der Waals surface area contributed by atoms with Gasteiger partial charge in [-0.25, -0.2) is 0 Å². The summed E-state index contributed by atoms with van der Waals surface area (Å²) >= 11 is 0. The highest BCUT2D eigenvalue weighted by Gasteiger charge is 2.00. The van der Waals surface area contributed by atoms with Crippen LogP contribution in [-0.2, 0) is 0 Å². The first-order valence-electron chi connectivity index (χ1n) is 5.67. The summed E-state index contributed by atoms with van der Waals surface area (Å²) in [4.78, 5) is 0. The van der Waals surface area contributed by atoms with Gasteiger partial charge in [0.05, 0.1) is 11.4 Å². The fraction of sp³-hybridized carbons (Fsp3) is 0.133. The molecule has 0 atom stereocenters. The lowest BCUT2D eigenvalue weighted by Crippen LogP contribution is -2.12. The van der Waals surface area contributed by atoms with Gasteiger partial charge >= 0.3 is 0 Å². The van der Waals surface area contributed by atoms with E-state index in [1.165, 1.54) is 0 Å². The van der Waals surface area contributed by atoms with Crippen molar-refractivity contribution in [2.75, 3.05) is 12.1 Å². The molecule has 86 valence electrons. The van der Waals surface area contributed by atoms with E-state index in [1.807, 2.05) is 67.5 Å². The van der Waals surface area contributed by atoms with Crippen LogP contribution in [-0.4, -0.2) is 12.8 Å². The number of nitrogens with zero attached hydrogens (tertiary/aromatic N) is 2. The maximum Gasteiger partial charge on any atom is 0.0650 e. The molecule has 0 fully saturated rings. The van der Waals surface area contributed by atoms with Crippen molar-refractivity contribution in [3.63, 3.8) is 0 Å². The second-order valence-corrected chi connectivity index (χ2v) is 3.91. The zero-order valence-electron chi connectivity index (χ0n) is 10.2. The topological polar surface area (TPSA) is 15.6 Å². The Bertz CT molecular complexity index is 489. The molecule has 0 unspecified atom stereocenters. The van der Waals surface area contributed by atoms with Gasteiger partial charge in [0.1, 0.15) is 0 Å². The van der Waals surface area contributed by atoms with E-state index in [4.69, 9.17) is 0 Å². The highest BCUT2D eigenvalue weighted by molar-refractivity contribution is 5.99. The maximum absolute atomic E-state index is 4.57. The Labute approximate surface area is 102 Å². The highest BCUT2D eigenvalue weighted by atomic mass is 15.4. The summed E-state index contributed by atoms with van der Waals surface area (Å²) in [5, 5.41) is 6.46. The van der Waals surface area contributed by atoms with Crippen LogP contribution in [0.25, 0.3) is 0 Å². The van der Waals surface area contributed by atoms with Crippen LogP contribution in [0.15, 0.2) is 65.8 Å². The summed E-state index contributed by atoms with van der Waals surface area (Å²) in [6.07, 6.45) is 0. The number of para-hydroxylation sites is 1. The minimum Gasteiger partial charge on any atom is -0.268 e. The van der Waals surface area contributed by atoms with Crippen molar-refractivity contribution in [3.8, 4) is 0 Å². The molecule has 0 amide bonds. The van der Waals surface area contributed by atoms with Crippen LogP contribution in [0.1, 0.15) is 12.5 Å². The average molecular weight is 224 g/mol. The van der Waals surface area contributed by atoms with Crippen LogP contribution in [0.3, 0.4) is 0 Å². The molecule has 2 heteroatoms. The van der Waals surface area contributed by atoms with Crippen LogP contribution in [0.5, 0.6) is 0 Å². The molecule has 0 saturated carbocycles. The Hall–Kier alpha value is -2.09. The highest BCUT2D eigenvalue weighted by Crippen LogP contribution is 2.12. The fourth-order valence-electron chi connectivity index (χ4n) is 1.66. The first kappa shape index (κ1) is 11.4. The van der Waals surface area contributed by atoms with Crippen molar-refractivity contribution < 1.29 is 0 Å². The van der Waals surface area contributed by atoms with Crippen LogP contribution in [0.2, 0.25) is 0 Å². The summed E-state index contributed by atoms with van der Waals surface area (Å²) in [7, 11) is 1.96. The molecular weight excluding hydrogens is 208 g/mol. The van der Waals surface area contributed by atoms with Crippen molar-refractivity contribution >= 4 is 11.4 Å². The monoisotopic (exact) mass is 224 g/mol. The van der Waals surface area contributed by atoms with Crippen LogP contribution < -0.4 is 5.01 Å². The molecule has 0 aromatic heterocycles. The molecule has 0 saturated heterocycles. The Balaban J connectivity index is 2.20.